The molecule has 0 saturated heterocycles. The van der Waals surface area contributed by atoms with Crippen LogP contribution in [0.5, 0.6) is 11.5 Å². The number of hydrogen-bond donors (Lipinski definition) is 1. The summed E-state index contributed by atoms with van der Waals surface area (Å²) in [5, 5.41) is 32.5. The Balaban J connectivity index is 2.54. The molecule has 0 amide bonds. The molecular formula is C16H16NO4. The number of phenols is 1. The van der Waals surface area contributed by atoms with Crippen molar-refractivity contribution >= 4 is 5.69 Å². The molecule has 2 rings (SSSR count). The molecule has 0 aliphatic carbocycles. The monoisotopic (exact) mass is 286 g/mol. The number of non-ortho nitro benzene ring substituents is 1. The molecule has 0 fully saturated rings. The lowest BCUT2D eigenvalue weighted by Gasteiger charge is -2.21. The molecular weight excluding hydrogens is 270 g/mol. The minimum absolute atomic E-state index is 0.000498. The van der Waals surface area contributed by atoms with Gasteiger partial charge in [-0.25, -0.2) is 0 Å². The third-order valence-electron chi connectivity index (χ3n) is 3.29. The second-order valence-electron chi connectivity index (χ2n) is 5.93. The van der Waals surface area contributed by atoms with Crippen molar-refractivity contribution in [2.24, 2.45) is 0 Å². The van der Waals surface area contributed by atoms with E-state index in [1.54, 1.807) is 18.2 Å². The maximum atomic E-state index is 12.0. The fraction of sp³-hybridized carbons (Fsp3) is 0.250. The average molecular weight is 286 g/mol. The van der Waals surface area contributed by atoms with E-state index < -0.39 is 10.3 Å². The highest BCUT2D eigenvalue weighted by molar-refractivity contribution is 5.70. The van der Waals surface area contributed by atoms with Gasteiger partial charge in [-0.1, -0.05) is 20.8 Å². The normalized spacial score (nSPS) is 11.4. The first kappa shape index (κ1) is 14.8. The Hall–Kier alpha value is -2.56. The molecule has 2 aromatic rings. The Morgan fingerprint density at radius 2 is 1.62 bits per heavy atom. The first-order chi connectivity index (χ1) is 9.70. The molecule has 1 radical (unpaired) electrons. The predicted octanol–water partition coefficient (Wildman–Crippen LogP) is 4.41. The van der Waals surface area contributed by atoms with Crippen molar-refractivity contribution < 1.29 is 15.1 Å². The van der Waals surface area contributed by atoms with Gasteiger partial charge in [0.2, 0.25) is 5.75 Å². The second kappa shape index (κ2) is 5.09. The van der Waals surface area contributed by atoms with Crippen LogP contribution in [-0.2, 0) is 10.5 Å². The number of nitro benzene ring substituents is 1. The minimum atomic E-state index is -0.470. The van der Waals surface area contributed by atoms with Gasteiger partial charge in [0.15, 0.2) is 5.75 Å². The lowest BCUT2D eigenvalue weighted by Crippen LogP contribution is -2.11. The number of nitrogens with zero attached hydrogens (tertiary/aromatic N) is 1. The first-order valence-electron chi connectivity index (χ1n) is 6.49. The molecule has 0 spiro atoms. The van der Waals surface area contributed by atoms with E-state index in [-0.39, 0.29) is 17.2 Å². The lowest BCUT2D eigenvalue weighted by atomic mass is 9.84. The fourth-order valence-electron chi connectivity index (χ4n) is 2.11. The first-order valence-corrected chi connectivity index (χ1v) is 6.49. The molecule has 0 saturated carbocycles. The summed E-state index contributed by atoms with van der Waals surface area (Å²) in [6, 6.07) is 9.11. The molecule has 5 nitrogen and oxygen atoms in total. The highest BCUT2D eigenvalue weighted by Crippen LogP contribution is 2.41. The van der Waals surface area contributed by atoms with Crippen LogP contribution in [0.4, 0.5) is 5.69 Å². The van der Waals surface area contributed by atoms with Crippen LogP contribution in [0.1, 0.15) is 26.3 Å². The van der Waals surface area contributed by atoms with Gasteiger partial charge in [0.1, 0.15) is 0 Å². The Bertz CT molecular complexity index is 685. The molecule has 0 atom stereocenters. The van der Waals surface area contributed by atoms with Crippen LogP contribution in [0.15, 0.2) is 36.4 Å². The van der Waals surface area contributed by atoms with E-state index in [0.717, 1.165) is 0 Å². The zero-order valence-corrected chi connectivity index (χ0v) is 12.1. The Morgan fingerprint density at radius 3 is 2.10 bits per heavy atom. The Labute approximate surface area is 122 Å². The summed E-state index contributed by atoms with van der Waals surface area (Å²) in [5.41, 5.74) is 1.48. The molecule has 0 aliphatic rings. The standard InChI is InChI=1S/C16H16NO4/c1-16(2,3)13-8-11(9-14(18)15(13)19)10-4-6-12(7-5-10)17(20)21/h4-9,18H,1-3H3. The third-order valence-corrected chi connectivity index (χ3v) is 3.29. The molecule has 1 N–H and O–H groups in total. The van der Waals surface area contributed by atoms with Gasteiger partial charge in [0.25, 0.3) is 5.69 Å². The van der Waals surface area contributed by atoms with Gasteiger partial charge in [0.05, 0.1) is 4.92 Å². The van der Waals surface area contributed by atoms with E-state index in [1.165, 1.54) is 18.2 Å². The van der Waals surface area contributed by atoms with Crippen LogP contribution >= 0.6 is 0 Å². The molecule has 0 bridgehead atoms. The minimum Gasteiger partial charge on any atom is -0.504 e. The maximum Gasteiger partial charge on any atom is 0.269 e. The number of benzene rings is 2. The summed E-state index contributed by atoms with van der Waals surface area (Å²) in [7, 11) is 0. The molecule has 0 unspecified atom stereocenters. The Kier molecular flexibility index (Phi) is 3.60. The van der Waals surface area contributed by atoms with Gasteiger partial charge in [-0.05, 0) is 40.8 Å². The number of rotatable bonds is 2. The van der Waals surface area contributed by atoms with Crippen molar-refractivity contribution in [3.8, 4) is 22.6 Å². The van der Waals surface area contributed by atoms with E-state index >= 15 is 0 Å². The van der Waals surface area contributed by atoms with E-state index in [0.29, 0.717) is 16.7 Å². The predicted molar refractivity (Wildman–Crippen MR) is 79.0 cm³/mol. The van der Waals surface area contributed by atoms with Crippen LogP contribution in [-0.4, -0.2) is 10.0 Å². The quantitative estimate of drug-likeness (QED) is 0.655. The molecule has 21 heavy (non-hydrogen) atoms. The lowest BCUT2D eigenvalue weighted by molar-refractivity contribution is -0.384. The van der Waals surface area contributed by atoms with Crippen LogP contribution in [0, 0.1) is 10.1 Å². The number of hydrogen-bond acceptors (Lipinski definition) is 3. The van der Waals surface area contributed by atoms with Crippen molar-refractivity contribution in [3.05, 3.63) is 52.1 Å². The molecule has 109 valence electrons. The van der Waals surface area contributed by atoms with E-state index in [4.69, 9.17) is 0 Å². The van der Waals surface area contributed by atoms with Crippen LogP contribution < -0.4 is 0 Å². The van der Waals surface area contributed by atoms with Crippen molar-refractivity contribution in [3.63, 3.8) is 0 Å². The van der Waals surface area contributed by atoms with Crippen LogP contribution in [0.2, 0.25) is 0 Å². The summed E-state index contributed by atoms with van der Waals surface area (Å²) < 4.78 is 0. The highest BCUT2D eigenvalue weighted by atomic mass is 16.6. The summed E-state index contributed by atoms with van der Waals surface area (Å²) in [5.74, 6) is -0.691. The van der Waals surface area contributed by atoms with Crippen LogP contribution in [0.25, 0.3) is 11.1 Å². The second-order valence-corrected chi connectivity index (χ2v) is 5.93. The summed E-state index contributed by atoms with van der Waals surface area (Å²) in [6.07, 6.45) is 0. The third kappa shape index (κ3) is 2.97. The van der Waals surface area contributed by atoms with Crippen molar-refractivity contribution in [2.75, 3.05) is 0 Å². The van der Waals surface area contributed by atoms with Gasteiger partial charge < -0.3 is 5.11 Å². The highest BCUT2D eigenvalue weighted by Gasteiger charge is 2.23. The smallest absolute Gasteiger partial charge is 0.269 e. The molecule has 0 aromatic heterocycles. The zero-order valence-electron chi connectivity index (χ0n) is 12.1. The van der Waals surface area contributed by atoms with Gasteiger partial charge in [-0.3, -0.25) is 15.2 Å². The maximum absolute atomic E-state index is 12.0. The summed E-state index contributed by atoms with van der Waals surface area (Å²) in [6.45, 7) is 5.67. The average Bonchev–Trinajstić information content (AvgIpc) is 2.40. The van der Waals surface area contributed by atoms with E-state index in [2.05, 4.69) is 0 Å². The molecule has 0 heterocycles. The van der Waals surface area contributed by atoms with Crippen molar-refractivity contribution in [1.29, 1.82) is 0 Å². The van der Waals surface area contributed by atoms with Crippen LogP contribution in [0.3, 0.4) is 0 Å². The van der Waals surface area contributed by atoms with E-state index in [1.807, 2.05) is 20.8 Å². The van der Waals surface area contributed by atoms with Gasteiger partial charge >= 0.3 is 0 Å². The van der Waals surface area contributed by atoms with Gasteiger partial charge in [-0.15, -0.1) is 0 Å². The Morgan fingerprint density at radius 1 is 1.05 bits per heavy atom. The molecule has 2 aromatic carbocycles. The molecule has 0 aliphatic heterocycles. The SMILES string of the molecule is CC(C)(C)c1cc(-c2ccc([N+](=O)[O-])cc2)cc(O)c1[O]. The topological polar surface area (TPSA) is 83.3 Å². The largest absolute Gasteiger partial charge is 0.504 e. The van der Waals surface area contributed by atoms with Gasteiger partial charge in [-0.2, -0.15) is 0 Å². The van der Waals surface area contributed by atoms with E-state index in [9.17, 15) is 20.3 Å². The number of aromatic hydroxyl groups is 1. The number of phenolic OH excluding ortho intramolecular Hbond substituents is 1. The van der Waals surface area contributed by atoms with Crippen molar-refractivity contribution in [1.82, 2.24) is 0 Å². The fourth-order valence-corrected chi connectivity index (χ4v) is 2.11. The molecule has 5 heteroatoms. The van der Waals surface area contributed by atoms with Crippen molar-refractivity contribution in [2.45, 2.75) is 26.2 Å². The summed E-state index contributed by atoms with van der Waals surface area (Å²) >= 11 is 0. The van der Waals surface area contributed by atoms with Gasteiger partial charge in [0, 0.05) is 17.7 Å². The number of nitro groups is 1. The summed E-state index contributed by atoms with van der Waals surface area (Å²) in [4.78, 5) is 10.2. The zero-order chi connectivity index (χ0) is 15.8.